The number of hydrogen-bond acceptors (Lipinski definition) is 2. The standard InChI is InChI=1S/C13H21NOS/c1-4-12(16(3)15)13(14-5-2)11-9-7-6-8-10-11/h6-10,12-14H,4-5H2,1-3H3. The van der Waals surface area contributed by atoms with E-state index in [1.54, 1.807) is 6.26 Å². The maximum Gasteiger partial charge on any atom is 0.0537 e. The average molecular weight is 239 g/mol. The summed E-state index contributed by atoms with van der Waals surface area (Å²) in [6.45, 7) is 5.08. The summed E-state index contributed by atoms with van der Waals surface area (Å²) in [4.78, 5) is 0. The van der Waals surface area contributed by atoms with Crippen LogP contribution in [0.5, 0.6) is 0 Å². The van der Waals surface area contributed by atoms with Crippen molar-refractivity contribution in [2.75, 3.05) is 12.8 Å². The van der Waals surface area contributed by atoms with Gasteiger partial charge in [-0.2, -0.15) is 0 Å². The van der Waals surface area contributed by atoms with Gasteiger partial charge in [0.1, 0.15) is 0 Å². The predicted molar refractivity (Wildman–Crippen MR) is 71.0 cm³/mol. The van der Waals surface area contributed by atoms with Crippen molar-refractivity contribution in [2.24, 2.45) is 0 Å². The van der Waals surface area contributed by atoms with Crippen LogP contribution >= 0.6 is 0 Å². The van der Waals surface area contributed by atoms with Crippen molar-refractivity contribution >= 4 is 10.8 Å². The van der Waals surface area contributed by atoms with Crippen LogP contribution in [0.1, 0.15) is 31.9 Å². The fourth-order valence-electron chi connectivity index (χ4n) is 2.01. The van der Waals surface area contributed by atoms with Gasteiger partial charge in [0.25, 0.3) is 0 Å². The molecule has 3 heteroatoms. The van der Waals surface area contributed by atoms with Crippen LogP contribution in [0.2, 0.25) is 0 Å². The average Bonchev–Trinajstić information content (AvgIpc) is 2.29. The van der Waals surface area contributed by atoms with E-state index in [9.17, 15) is 4.21 Å². The molecule has 0 amide bonds. The van der Waals surface area contributed by atoms with Crippen molar-refractivity contribution in [1.29, 1.82) is 0 Å². The van der Waals surface area contributed by atoms with Gasteiger partial charge >= 0.3 is 0 Å². The van der Waals surface area contributed by atoms with E-state index in [1.165, 1.54) is 5.56 Å². The molecular formula is C13H21NOS. The molecule has 0 radical (unpaired) electrons. The molecule has 0 aliphatic carbocycles. The molecule has 0 fully saturated rings. The van der Waals surface area contributed by atoms with Gasteiger partial charge in [-0.05, 0) is 18.5 Å². The highest BCUT2D eigenvalue weighted by molar-refractivity contribution is 7.84. The van der Waals surface area contributed by atoms with Gasteiger partial charge in [0, 0.05) is 23.1 Å². The van der Waals surface area contributed by atoms with Gasteiger partial charge in [-0.25, -0.2) is 0 Å². The lowest BCUT2D eigenvalue weighted by Gasteiger charge is -2.25. The first-order valence-electron chi connectivity index (χ1n) is 5.81. The Balaban J connectivity index is 2.94. The highest BCUT2D eigenvalue weighted by atomic mass is 32.2. The third-order valence-electron chi connectivity index (χ3n) is 2.78. The third kappa shape index (κ3) is 3.42. The summed E-state index contributed by atoms with van der Waals surface area (Å²) in [6.07, 6.45) is 2.72. The maximum atomic E-state index is 11.7. The molecule has 90 valence electrons. The zero-order valence-corrected chi connectivity index (χ0v) is 11.1. The molecule has 0 aliphatic rings. The quantitative estimate of drug-likeness (QED) is 0.826. The molecule has 1 rings (SSSR count). The van der Waals surface area contributed by atoms with Crippen molar-refractivity contribution in [3.8, 4) is 0 Å². The number of hydrogen-bond donors (Lipinski definition) is 1. The highest BCUT2D eigenvalue weighted by Gasteiger charge is 2.23. The van der Waals surface area contributed by atoms with Crippen LogP contribution in [0.4, 0.5) is 0 Å². The van der Waals surface area contributed by atoms with Crippen molar-refractivity contribution in [3.63, 3.8) is 0 Å². The molecule has 2 nitrogen and oxygen atoms in total. The molecule has 0 aromatic heterocycles. The first-order chi connectivity index (χ1) is 7.70. The molecular weight excluding hydrogens is 218 g/mol. The van der Waals surface area contributed by atoms with Crippen LogP contribution in [-0.4, -0.2) is 22.3 Å². The van der Waals surface area contributed by atoms with Gasteiger partial charge in [0.05, 0.1) is 5.25 Å². The van der Waals surface area contributed by atoms with Crippen molar-refractivity contribution in [3.05, 3.63) is 35.9 Å². The Kier molecular flexibility index (Phi) is 5.71. The Morgan fingerprint density at radius 2 is 1.88 bits per heavy atom. The largest absolute Gasteiger partial charge is 0.309 e. The first kappa shape index (κ1) is 13.4. The van der Waals surface area contributed by atoms with Gasteiger partial charge in [-0.15, -0.1) is 0 Å². The number of nitrogens with one attached hydrogen (secondary N) is 1. The fraction of sp³-hybridized carbons (Fsp3) is 0.538. The molecule has 0 saturated carbocycles. The monoisotopic (exact) mass is 239 g/mol. The van der Waals surface area contributed by atoms with E-state index in [4.69, 9.17) is 0 Å². The summed E-state index contributed by atoms with van der Waals surface area (Å²) in [5.74, 6) is 0. The molecule has 0 heterocycles. The van der Waals surface area contributed by atoms with Gasteiger partial charge in [0.2, 0.25) is 0 Å². The van der Waals surface area contributed by atoms with Crippen LogP contribution in [0.15, 0.2) is 30.3 Å². The van der Waals surface area contributed by atoms with Gasteiger partial charge < -0.3 is 5.32 Å². The topological polar surface area (TPSA) is 29.1 Å². The molecule has 3 atom stereocenters. The lowest BCUT2D eigenvalue weighted by Crippen LogP contribution is -2.34. The van der Waals surface area contributed by atoms with E-state index in [1.807, 2.05) is 18.2 Å². The number of rotatable bonds is 6. The predicted octanol–water partition coefficient (Wildman–Crippen LogP) is 2.49. The van der Waals surface area contributed by atoms with Gasteiger partial charge in [-0.1, -0.05) is 44.2 Å². The fourth-order valence-corrected chi connectivity index (χ4v) is 3.11. The maximum absolute atomic E-state index is 11.7. The van der Waals surface area contributed by atoms with Crippen LogP contribution in [0.25, 0.3) is 0 Å². The van der Waals surface area contributed by atoms with Crippen molar-refractivity contribution in [2.45, 2.75) is 31.6 Å². The minimum Gasteiger partial charge on any atom is -0.309 e. The van der Waals surface area contributed by atoms with Gasteiger partial charge in [-0.3, -0.25) is 4.21 Å². The molecule has 0 bridgehead atoms. The summed E-state index contributed by atoms with van der Waals surface area (Å²) in [6, 6.07) is 10.5. The van der Waals surface area contributed by atoms with E-state index in [-0.39, 0.29) is 11.3 Å². The highest BCUT2D eigenvalue weighted by Crippen LogP contribution is 2.22. The number of benzene rings is 1. The molecule has 16 heavy (non-hydrogen) atoms. The van der Waals surface area contributed by atoms with E-state index in [0.717, 1.165) is 13.0 Å². The summed E-state index contributed by atoms with van der Waals surface area (Å²) < 4.78 is 11.7. The Hall–Kier alpha value is -0.670. The summed E-state index contributed by atoms with van der Waals surface area (Å²) in [5, 5.41) is 3.62. The minimum atomic E-state index is -0.798. The molecule has 1 aromatic rings. The van der Waals surface area contributed by atoms with E-state index < -0.39 is 10.8 Å². The third-order valence-corrected chi connectivity index (χ3v) is 4.24. The van der Waals surface area contributed by atoms with Crippen LogP contribution in [0, 0.1) is 0 Å². The zero-order chi connectivity index (χ0) is 12.0. The van der Waals surface area contributed by atoms with E-state index in [0.29, 0.717) is 0 Å². The molecule has 0 saturated heterocycles. The normalized spacial score (nSPS) is 16.7. The van der Waals surface area contributed by atoms with Crippen LogP contribution in [-0.2, 0) is 10.8 Å². The zero-order valence-electron chi connectivity index (χ0n) is 10.3. The Bertz CT molecular complexity index is 326. The second kappa shape index (κ2) is 6.81. The second-order valence-electron chi connectivity index (χ2n) is 3.89. The molecule has 0 aliphatic heterocycles. The van der Waals surface area contributed by atoms with Crippen molar-refractivity contribution < 1.29 is 4.21 Å². The lowest BCUT2D eigenvalue weighted by atomic mass is 10.0. The van der Waals surface area contributed by atoms with E-state index in [2.05, 4.69) is 31.3 Å². The Labute approximate surface area is 101 Å². The summed E-state index contributed by atoms with van der Waals surface area (Å²) in [5.41, 5.74) is 1.23. The molecule has 0 spiro atoms. The Morgan fingerprint density at radius 1 is 1.25 bits per heavy atom. The lowest BCUT2D eigenvalue weighted by molar-refractivity contribution is 0.511. The minimum absolute atomic E-state index is 0.183. The molecule has 3 unspecified atom stereocenters. The van der Waals surface area contributed by atoms with Crippen molar-refractivity contribution in [1.82, 2.24) is 5.32 Å². The SMILES string of the molecule is CCNC(c1ccccc1)C(CC)S(C)=O. The van der Waals surface area contributed by atoms with Crippen LogP contribution in [0.3, 0.4) is 0 Å². The smallest absolute Gasteiger partial charge is 0.0537 e. The van der Waals surface area contributed by atoms with E-state index >= 15 is 0 Å². The Morgan fingerprint density at radius 3 is 2.31 bits per heavy atom. The molecule has 1 aromatic carbocycles. The van der Waals surface area contributed by atoms with Gasteiger partial charge in [0.15, 0.2) is 0 Å². The second-order valence-corrected chi connectivity index (χ2v) is 5.49. The van der Waals surface area contributed by atoms with Crippen LogP contribution < -0.4 is 5.32 Å². The summed E-state index contributed by atoms with van der Waals surface area (Å²) >= 11 is 0. The molecule has 1 N–H and O–H groups in total. The first-order valence-corrected chi connectivity index (χ1v) is 7.43. The summed E-state index contributed by atoms with van der Waals surface area (Å²) in [7, 11) is -0.798.